The fourth-order valence-electron chi connectivity index (χ4n) is 10.9. The maximum atomic E-state index is 11.8. The minimum Gasteiger partial charge on any atom is -0.508 e. The van der Waals surface area contributed by atoms with E-state index in [1.807, 2.05) is 83.1 Å². The molecule has 3 aliphatic heterocycles. The zero-order valence-electron chi connectivity index (χ0n) is 77.7. The van der Waals surface area contributed by atoms with E-state index in [1.54, 1.807) is 127 Å². The number of aromatic hydroxyl groups is 1. The Bertz CT molecular complexity index is 5560. The van der Waals surface area contributed by atoms with Gasteiger partial charge in [0.25, 0.3) is 11.8 Å². The Morgan fingerprint density at radius 2 is 0.691 bits per heavy atom. The number of ether oxygens (including phenoxy) is 7. The van der Waals surface area contributed by atoms with Crippen LogP contribution in [0.1, 0.15) is 135 Å². The van der Waals surface area contributed by atoms with E-state index in [0.29, 0.717) is 199 Å². The quantitative estimate of drug-likeness (QED) is 0.00657. The van der Waals surface area contributed by atoms with Crippen molar-refractivity contribution in [3.63, 3.8) is 0 Å². The summed E-state index contributed by atoms with van der Waals surface area (Å²) in [4.78, 5) is 92.3. The Morgan fingerprint density at radius 1 is 0.397 bits per heavy atom. The molecule has 0 aliphatic carbocycles. The van der Waals surface area contributed by atoms with Gasteiger partial charge in [0.15, 0.2) is 12.6 Å². The van der Waals surface area contributed by atoms with Crippen LogP contribution >= 0.6 is 89.9 Å². The van der Waals surface area contributed by atoms with Gasteiger partial charge in [-0.3, -0.25) is 24.0 Å². The smallest absolute Gasteiger partial charge is 0.495 e. The molecule has 0 unspecified atom stereocenters. The van der Waals surface area contributed by atoms with Gasteiger partial charge in [0, 0.05) is 93.9 Å². The van der Waals surface area contributed by atoms with Gasteiger partial charge in [-0.05, 0) is 210 Å². The minimum absolute atomic E-state index is 0.0324. The molecule has 9 heterocycles. The van der Waals surface area contributed by atoms with Gasteiger partial charge in [-0.15, -0.1) is 0 Å². The lowest BCUT2D eigenvalue weighted by atomic mass is 9.49. The molecular weight excluding hydrogens is 1990 g/mol. The number of phenolic OH excluding ortho intramolecular Hbond substituents is 1. The van der Waals surface area contributed by atoms with Crippen LogP contribution in [0.25, 0.3) is 19.4 Å². The fraction of sp³-hybridized carbons (Fsp3) is 0.367. The number of carbonyl (C=O) groups is 5. The van der Waals surface area contributed by atoms with E-state index in [4.69, 9.17) is 162 Å². The number of nitrogens with zero attached hydrogens (tertiary/aromatic N) is 10. The number of nitrogens with one attached hydrogen (secondary N) is 5. The average Bonchev–Trinajstić information content (AvgIpc) is 1.59. The summed E-state index contributed by atoms with van der Waals surface area (Å²) < 4.78 is 73.4. The number of nitrogens with two attached hydrogens (primary N) is 2. The first-order valence-electron chi connectivity index (χ1n) is 41.1. The number of anilines is 5. The second-order valence-electron chi connectivity index (χ2n) is 31.4. The number of carbonyl (C=O) groups excluding carboxylic acids is 5. The van der Waals surface area contributed by atoms with Gasteiger partial charge < -0.3 is 104 Å². The predicted octanol–water partition coefficient (Wildman–Crippen LogP) is 18.9. The molecule has 46 heteroatoms. The third-order valence-electron chi connectivity index (χ3n) is 20.2. The summed E-state index contributed by atoms with van der Waals surface area (Å²) in [5, 5.41) is 25.2. The SMILES string of the molecule is CC1(C)OB(B2OC(C)(C)C(C)(C)O2)OC1(C)C.COCCNc1nc(Cl)ccc1C(N)=O.NC(=O)c1ccc(Cl)nc1Cl.O=Cc1cc(O)ccc1Br.[C-]#[N+]c1ccc(Cl)nc1NCCOC.[C-]#[N+]c1ccc(Cl)nc1NCCOC.[C-]#[N+]c1ccc(Oc2ccc(B3OC(C)(C)C(C)(C)O3)c(C=O)c2)nc1NCCOC.[C-]#[N+]c1ccc(Oc2ccc(Br)c(C=O)c2)nc1NCCOC. The lowest BCUT2D eigenvalue weighted by molar-refractivity contribution is 0.00578. The normalized spacial score (nSPS) is 14.2. The van der Waals surface area contributed by atoms with Crippen LogP contribution in [0.3, 0.4) is 0 Å². The Balaban J connectivity index is 0.000000282. The standard InChI is InChI=1S/C22H26BN3O5.C16H14BrN3O3.C12H24B2O4.C9H12ClN3O2.2C9H10ClN3O.C7H5BrO2.C6H4Cl2N2O/c1-21(2)22(3,4)31-23(30-21)17-8-7-16(13-15(17)14-27)29-19-10-9-18(24-5)20(26-19)25-11-12-28-6;1-18-14-5-6-15(20-16(14)19-7-8-22-2)23-12-3-4-13(17)11(9-12)10-21;1-9(2)10(3,4)16-13(15-9)14-17-11(5,6)12(7,8)18-14;1-15-5-4-12-9-6(8(11)14)2-3-7(10)13-9;2*1-11-7-3-4-8(10)13-9(7)12-5-6-14-2;8-7-2-1-6(10)3-5(7)4-9;7-4-2-1-3(6(9)11)5(8)10-4/h7-10,13-14H,11-12H2,1-4,6H3,(H,25,26);3-6,9-10H,7-8H2,2H3,(H,19,20);1-8H3;2-3H,4-5H2,1H3,(H2,11,14)(H,12,13);2*3-4H,5-6H2,2H3,(H,12,13);1-4,10H;1-2H,(H2,9,11). The molecular formula is C90H105B3Br2Cl5N17O19. The Morgan fingerprint density at radius 3 is 1.03 bits per heavy atom. The summed E-state index contributed by atoms with van der Waals surface area (Å²) >= 11 is 34.5. The Hall–Kier alpha value is -11.0. The molecule has 10 N–H and O–H groups in total. The van der Waals surface area contributed by atoms with Crippen LogP contribution in [0.5, 0.6) is 29.0 Å². The lowest BCUT2D eigenvalue weighted by Crippen LogP contribution is -2.41. The van der Waals surface area contributed by atoms with Crippen LogP contribution in [-0.4, -0.2) is 222 Å². The number of methoxy groups -OCH3 is 5. The van der Waals surface area contributed by atoms with Crippen molar-refractivity contribution in [1.82, 2.24) is 29.9 Å². The van der Waals surface area contributed by atoms with Crippen LogP contribution in [0.15, 0.2) is 136 Å². The molecule has 136 heavy (non-hydrogen) atoms. The van der Waals surface area contributed by atoms with Crippen molar-refractivity contribution in [1.29, 1.82) is 0 Å². The van der Waals surface area contributed by atoms with Crippen molar-refractivity contribution >= 4 is 199 Å². The highest BCUT2D eigenvalue weighted by atomic mass is 79.9. The topological polar surface area (TPSA) is 433 Å². The first-order chi connectivity index (χ1) is 64.3. The average molecular weight is 2100 g/mol. The van der Waals surface area contributed by atoms with Gasteiger partial charge in [-0.1, -0.05) is 95.9 Å². The molecule has 3 aliphatic rings. The maximum Gasteiger partial charge on any atom is 0.495 e. The number of pyridine rings is 6. The molecule has 6 aromatic heterocycles. The second kappa shape index (κ2) is 56.0. The molecule has 12 rings (SSSR count). The summed E-state index contributed by atoms with van der Waals surface area (Å²) in [5.74, 6) is 2.74. The molecule has 2 amide bonds. The molecule has 3 saturated heterocycles. The monoisotopic (exact) mass is 2090 g/mol. The van der Waals surface area contributed by atoms with Gasteiger partial charge in [-0.25, -0.2) is 49.3 Å². The first-order valence-corrected chi connectivity index (χ1v) is 44.6. The van der Waals surface area contributed by atoms with Crippen LogP contribution in [-0.2, 0) is 51.6 Å². The summed E-state index contributed by atoms with van der Waals surface area (Å²) in [5.41, 5.74) is 11.9. The number of benzene rings is 3. The molecule has 3 aromatic carbocycles. The summed E-state index contributed by atoms with van der Waals surface area (Å²) in [7, 11) is 6.41. The summed E-state index contributed by atoms with van der Waals surface area (Å²) in [6.45, 7) is 57.7. The van der Waals surface area contributed by atoms with Gasteiger partial charge >= 0.3 is 21.1 Å². The molecule has 722 valence electrons. The number of hydrogen-bond donors (Lipinski definition) is 8. The minimum atomic E-state index is -0.646. The third kappa shape index (κ3) is 35.9. The van der Waals surface area contributed by atoms with E-state index in [2.05, 4.69) is 108 Å². The van der Waals surface area contributed by atoms with Crippen molar-refractivity contribution < 1.29 is 90.2 Å². The largest absolute Gasteiger partial charge is 0.508 e. The van der Waals surface area contributed by atoms with E-state index in [9.17, 15) is 24.0 Å². The zero-order chi connectivity index (χ0) is 101. The second-order valence-corrected chi connectivity index (χ2v) is 35.0. The summed E-state index contributed by atoms with van der Waals surface area (Å²) in [6.07, 6.45) is 2.18. The van der Waals surface area contributed by atoms with Crippen LogP contribution in [0.2, 0.25) is 25.8 Å². The number of hydrogen-bond acceptors (Lipinski definition) is 30. The van der Waals surface area contributed by atoms with Crippen molar-refractivity contribution in [2.24, 2.45) is 11.5 Å². The fourth-order valence-corrected chi connectivity index (χ4v) is 12.4. The van der Waals surface area contributed by atoms with Crippen molar-refractivity contribution in [3.8, 4) is 29.0 Å². The molecule has 36 nitrogen and oxygen atoms in total. The number of amides is 2. The van der Waals surface area contributed by atoms with E-state index in [1.165, 1.54) is 36.4 Å². The third-order valence-corrected chi connectivity index (χ3v) is 22.7. The number of phenols is 1. The van der Waals surface area contributed by atoms with Gasteiger partial charge in [0.1, 0.15) is 78.4 Å². The van der Waals surface area contributed by atoms with Crippen molar-refractivity contribution in [2.45, 2.75) is 117 Å². The van der Waals surface area contributed by atoms with Crippen molar-refractivity contribution in [2.75, 3.05) is 128 Å². The maximum absolute atomic E-state index is 11.8. The van der Waals surface area contributed by atoms with Gasteiger partial charge in [-0.2, -0.15) is 0 Å². The van der Waals surface area contributed by atoms with Crippen LogP contribution < -0.4 is 53.0 Å². The van der Waals surface area contributed by atoms with Crippen molar-refractivity contribution in [3.05, 3.63) is 236 Å². The highest BCUT2D eigenvalue weighted by molar-refractivity contribution is 9.10. The first kappa shape index (κ1) is 116. The lowest BCUT2D eigenvalue weighted by Gasteiger charge is -2.32. The number of aldehydes is 3. The van der Waals surface area contributed by atoms with E-state index < -0.39 is 44.2 Å². The number of halogens is 7. The van der Waals surface area contributed by atoms with Crippen LogP contribution in [0, 0.1) is 26.3 Å². The Kier molecular flexibility index (Phi) is 47.6. The Labute approximate surface area is 833 Å². The number of rotatable bonds is 31. The highest BCUT2D eigenvalue weighted by Gasteiger charge is 2.64. The molecule has 0 saturated carbocycles. The van der Waals surface area contributed by atoms with Gasteiger partial charge in [0.2, 0.25) is 34.5 Å². The molecule has 9 aromatic rings. The zero-order valence-corrected chi connectivity index (χ0v) is 84.7. The van der Waals surface area contributed by atoms with E-state index >= 15 is 0 Å². The molecule has 3 fully saturated rings. The van der Waals surface area contributed by atoms with E-state index in [0.717, 1.165) is 12.6 Å². The molecule has 0 bridgehead atoms. The molecule has 0 radical (unpaired) electrons. The summed E-state index contributed by atoms with van der Waals surface area (Å²) in [6, 6.07) is 33.6. The van der Waals surface area contributed by atoms with Crippen LogP contribution in [0.4, 0.5) is 51.8 Å². The molecule has 0 spiro atoms. The number of primary amides is 2. The molecule has 0 atom stereocenters. The number of aromatic nitrogens is 6. The highest BCUT2D eigenvalue weighted by Crippen LogP contribution is 2.44. The predicted molar refractivity (Wildman–Crippen MR) is 535 cm³/mol. The van der Waals surface area contributed by atoms with E-state index in [-0.39, 0.29) is 44.0 Å². The van der Waals surface area contributed by atoms with Gasteiger partial charge in [0.05, 0.1) is 104 Å².